The van der Waals surface area contributed by atoms with E-state index in [0.29, 0.717) is 17.0 Å². The van der Waals surface area contributed by atoms with Crippen LogP contribution in [0.15, 0.2) is 30.6 Å². The van der Waals surface area contributed by atoms with E-state index in [1.807, 2.05) is 0 Å². The molecule has 1 fully saturated rings. The Bertz CT molecular complexity index is 876. The Kier molecular flexibility index (Phi) is 5.30. The van der Waals surface area contributed by atoms with E-state index in [0.717, 1.165) is 38.3 Å². The largest absolute Gasteiger partial charge is 0.495 e. The van der Waals surface area contributed by atoms with E-state index >= 15 is 0 Å². The van der Waals surface area contributed by atoms with Crippen LogP contribution in [0.25, 0.3) is 0 Å². The van der Waals surface area contributed by atoms with Crippen molar-refractivity contribution in [3.63, 3.8) is 0 Å². The number of anilines is 1. The van der Waals surface area contributed by atoms with E-state index in [1.54, 1.807) is 23.1 Å². The first kappa shape index (κ1) is 18.3. The summed E-state index contributed by atoms with van der Waals surface area (Å²) < 4.78 is 5.24. The second kappa shape index (κ2) is 7.81. The molecule has 3 rings (SSSR count). The number of benzene rings is 1. The number of methoxy groups -OCH3 is 1. The first-order valence-corrected chi connectivity index (χ1v) is 8.33. The summed E-state index contributed by atoms with van der Waals surface area (Å²) in [7, 11) is 1.45. The maximum absolute atomic E-state index is 12.6. The zero-order valence-electron chi connectivity index (χ0n) is 14.6. The normalized spacial score (nSPS) is 13.3. The van der Waals surface area contributed by atoms with Crippen molar-refractivity contribution in [1.29, 1.82) is 0 Å². The molecule has 0 aliphatic carbocycles. The van der Waals surface area contributed by atoms with Gasteiger partial charge in [0.2, 0.25) is 0 Å². The molecule has 140 valence electrons. The molecule has 0 spiro atoms. The standard InChI is InChI=1S/C18H18N4O5/c1-27-15-5-4-11(17(24)22-6-2-3-7-22)8-12(15)21-16(23)13-9-20-14(10-19-13)18(25)26/h4-5,8-10H,2-3,6-7H2,1H3,(H,21,23)(H,25,26). The average Bonchev–Trinajstić information content (AvgIpc) is 3.22. The summed E-state index contributed by atoms with van der Waals surface area (Å²) in [4.78, 5) is 45.0. The van der Waals surface area contributed by atoms with Gasteiger partial charge in [0.25, 0.3) is 11.8 Å². The van der Waals surface area contributed by atoms with E-state index < -0.39 is 11.9 Å². The molecule has 2 N–H and O–H groups in total. The van der Waals surface area contributed by atoms with E-state index in [-0.39, 0.29) is 17.3 Å². The molecule has 2 heterocycles. The lowest BCUT2D eigenvalue weighted by molar-refractivity contribution is 0.0688. The summed E-state index contributed by atoms with van der Waals surface area (Å²) in [5.41, 5.74) is 0.442. The molecule has 2 amide bonds. The van der Waals surface area contributed by atoms with Crippen LogP contribution in [0.2, 0.25) is 0 Å². The Hall–Kier alpha value is -3.49. The molecule has 0 radical (unpaired) electrons. The van der Waals surface area contributed by atoms with Crippen LogP contribution >= 0.6 is 0 Å². The summed E-state index contributed by atoms with van der Waals surface area (Å²) in [6.45, 7) is 1.44. The minimum atomic E-state index is -1.23. The molecule has 0 atom stereocenters. The lowest BCUT2D eigenvalue weighted by atomic mass is 10.1. The van der Waals surface area contributed by atoms with Crippen molar-refractivity contribution in [3.8, 4) is 5.75 Å². The molecule has 0 saturated carbocycles. The maximum Gasteiger partial charge on any atom is 0.356 e. The molecule has 2 aromatic rings. The van der Waals surface area contributed by atoms with Gasteiger partial charge in [-0.1, -0.05) is 0 Å². The van der Waals surface area contributed by atoms with Crippen LogP contribution in [0, 0.1) is 0 Å². The quantitative estimate of drug-likeness (QED) is 0.821. The van der Waals surface area contributed by atoms with E-state index in [1.165, 1.54) is 7.11 Å². The predicted octanol–water partition coefficient (Wildman–Crippen LogP) is 1.67. The molecule has 27 heavy (non-hydrogen) atoms. The van der Waals surface area contributed by atoms with E-state index in [2.05, 4.69) is 15.3 Å². The highest BCUT2D eigenvalue weighted by molar-refractivity contribution is 6.05. The average molecular weight is 370 g/mol. The smallest absolute Gasteiger partial charge is 0.356 e. The number of ether oxygens (including phenoxy) is 1. The van der Waals surface area contributed by atoms with Gasteiger partial charge in [0.05, 0.1) is 25.2 Å². The van der Waals surface area contributed by atoms with Gasteiger partial charge >= 0.3 is 5.97 Å². The van der Waals surface area contributed by atoms with Gasteiger partial charge in [-0.3, -0.25) is 9.59 Å². The minimum absolute atomic E-state index is 0.0571. The number of carbonyl (C=O) groups excluding carboxylic acids is 2. The van der Waals surface area contributed by atoms with Crippen LogP contribution in [-0.2, 0) is 0 Å². The molecule has 1 aromatic heterocycles. The summed E-state index contributed by atoms with van der Waals surface area (Å²) in [6.07, 6.45) is 4.04. The van der Waals surface area contributed by atoms with Crippen molar-refractivity contribution in [2.45, 2.75) is 12.8 Å². The third kappa shape index (κ3) is 4.02. The Morgan fingerprint density at radius 3 is 2.37 bits per heavy atom. The highest BCUT2D eigenvalue weighted by Crippen LogP contribution is 2.27. The van der Waals surface area contributed by atoms with Gasteiger partial charge in [-0.25, -0.2) is 14.8 Å². The fraction of sp³-hybridized carbons (Fsp3) is 0.278. The molecular formula is C18H18N4O5. The number of carbonyl (C=O) groups is 3. The summed E-state index contributed by atoms with van der Waals surface area (Å²) in [5.74, 6) is -1.54. The number of aromatic carboxylic acids is 1. The first-order chi connectivity index (χ1) is 13.0. The van der Waals surface area contributed by atoms with Crippen LogP contribution in [0.4, 0.5) is 5.69 Å². The first-order valence-electron chi connectivity index (χ1n) is 8.33. The van der Waals surface area contributed by atoms with Crippen LogP contribution in [-0.4, -0.2) is 58.0 Å². The number of carboxylic acids is 1. The topological polar surface area (TPSA) is 122 Å². The number of hydrogen-bond acceptors (Lipinski definition) is 6. The summed E-state index contributed by atoms with van der Waals surface area (Å²) in [5, 5.41) is 11.5. The fourth-order valence-corrected chi connectivity index (χ4v) is 2.78. The zero-order chi connectivity index (χ0) is 19.4. The molecule has 1 aliphatic heterocycles. The molecule has 0 unspecified atom stereocenters. The van der Waals surface area contributed by atoms with Crippen molar-refractivity contribution in [2.24, 2.45) is 0 Å². The molecule has 1 saturated heterocycles. The number of nitrogens with one attached hydrogen (secondary N) is 1. The van der Waals surface area contributed by atoms with Gasteiger partial charge in [0.15, 0.2) is 5.69 Å². The van der Waals surface area contributed by atoms with Gasteiger partial charge in [-0.2, -0.15) is 0 Å². The monoisotopic (exact) mass is 370 g/mol. The van der Waals surface area contributed by atoms with Gasteiger partial charge in [0, 0.05) is 18.7 Å². The maximum atomic E-state index is 12.6. The number of amides is 2. The van der Waals surface area contributed by atoms with Gasteiger partial charge in [0.1, 0.15) is 11.4 Å². The lowest BCUT2D eigenvalue weighted by Crippen LogP contribution is -2.27. The van der Waals surface area contributed by atoms with Crippen LogP contribution < -0.4 is 10.1 Å². The number of rotatable bonds is 5. The molecule has 9 nitrogen and oxygen atoms in total. The van der Waals surface area contributed by atoms with Crippen LogP contribution in [0.3, 0.4) is 0 Å². The highest BCUT2D eigenvalue weighted by Gasteiger charge is 2.21. The van der Waals surface area contributed by atoms with Gasteiger partial charge < -0.3 is 20.1 Å². The number of hydrogen-bond donors (Lipinski definition) is 2. The Morgan fingerprint density at radius 1 is 1.11 bits per heavy atom. The van der Waals surface area contributed by atoms with Crippen molar-refractivity contribution >= 4 is 23.5 Å². The highest BCUT2D eigenvalue weighted by atomic mass is 16.5. The molecule has 0 bridgehead atoms. The molecule has 9 heteroatoms. The third-order valence-electron chi connectivity index (χ3n) is 4.19. The summed E-state index contributed by atoms with van der Waals surface area (Å²) in [6, 6.07) is 4.81. The second-order valence-electron chi connectivity index (χ2n) is 5.96. The second-order valence-corrected chi connectivity index (χ2v) is 5.96. The predicted molar refractivity (Wildman–Crippen MR) is 95.1 cm³/mol. The van der Waals surface area contributed by atoms with Crippen molar-refractivity contribution in [1.82, 2.24) is 14.9 Å². The van der Waals surface area contributed by atoms with Crippen LogP contribution in [0.5, 0.6) is 5.75 Å². The fourth-order valence-electron chi connectivity index (χ4n) is 2.78. The number of carboxylic acid groups (broad SMARTS) is 1. The lowest BCUT2D eigenvalue weighted by Gasteiger charge is -2.17. The number of aromatic nitrogens is 2. The molecule has 1 aliphatic rings. The molecule has 1 aromatic carbocycles. The number of nitrogens with zero attached hydrogens (tertiary/aromatic N) is 3. The van der Waals surface area contributed by atoms with Gasteiger partial charge in [-0.05, 0) is 31.0 Å². The van der Waals surface area contributed by atoms with Crippen molar-refractivity contribution < 1.29 is 24.2 Å². The van der Waals surface area contributed by atoms with Crippen LogP contribution in [0.1, 0.15) is 44.2 Å². The minimum Gasteiger partial charge on any atom is -0.495 e. The van der Waals surface area contributed by atoms with Crippen molar-refractivity contribution in [2.75, 3.05) is 25.5 Å². The van der Waals surface area contributed by atoms with Gasteiger partial charge in [-0.15, -0.1) is 0 Å². The summed E-state index contributed by atoms with van der Waals surface area (Å²) >= 11 is 0. The SMILES string of the molecule is COc1ccc(C(=O)N2CCCC2)cc1NC(=O)c1cnc(C(=O)O)cn1. The van der Waals surface area contributed by atoms with E-state index in [4.69, 9.17) is 9.84 Å². The Balaban J connectivity index is 1.81. The third-order valence-corrected chi connectivity index (χ3v) is 4.19. The van der Waals surface area contributed by atoms with E-state index in [9.17, 15) is 14.4 Å². The van der Waals surface area contributed by atoms with Crippen molar-refractivity contribution in [3.05, 3.63) is 47.5 Å². The zero-order valence-corrected chi connectivity index (χ0v) is 14.6. The Morgan fingerprint density at radius 2 is 1.78 bits per heavy atom. The molecular weight excluding hydrogens is 352 g/mol. The Labute approximate surface area is 155 Å². The number of likely N-dealkylation sites (tertiary alicyclic amines) is 1.